The van der Waals surface area contributed by atoms with Crippen LogP contribution in [0.5, 0.6) is 0 Å². The molecule has 0 aliphatic carbocycles. The molecule has 8 heteroatoms. The average Bonchev–Trinajstić information content (AvgIpc) is 3.01. The lowest BCUT2D eigenvalue weighted by Crippen LogP contribution is -2.47. The van der Waals surface area contributed by atoms with Crippen LogP contribution in [0.2, 0.25) is 0 Å². The van der Waals surface area contributed by atoms with E-state index in [-0.39, 0.29) is 29.7 Å². The number of carbonyl (C=O) groups excluding carboxylic acids is 3. The fraction of sp³-hybridized carbons (Fsp3) is 0.880. The molecule has 0 saturated carbocycles. The molecule has 2 fully saturated rings. The first kappa shape index (κ1) is 27.6. The Morgan fingerprint density at radius 1 is 1.12 bits per heavy atom. The van der Waals surface area contributed by atoms with Crippen LogP contribution in [0.25, 0.3) is 0 Å². The summed E-state index contributed by atoms with van der Waals surface area (Å²) in [6.07, 6.45) is 5.26. The summed E-state index contributed by atoms with van der Waals surface area (Å²) in [5, 5.41) is 0. The summed E-state index contributed by atoms with van der Waals surface area (Å²) < 4.78 is 11.1. The number of esters is 1. The Morgan fingerprint density at radius 2 is 1.82 bits per heavy atom. The smallest absolute Gasteiger partial charge is 0.311 e. The number of ether oxygens (including phenoxy) is 2. The van der Waals surface area contributed by atoms with Crippen LogP contribution in [0.3, 0.4) is 0 Å². The number of rotatable bonds is 11. The zero-order valence-electron chi connectivity index (χ0n) is 21.4. The summed E-state index contributed by atoms with van der Waals surface area (Å²) in [5.41, 5.74) is -0.846. The van der Waals surface area contributed by atoms with Crippen molar-refractivity contribution < 1.29 is 23.9 Å². The van der Waals surface area contributed by atoms with Crippen molar-refractivity contribution in [2.75, 3.05) is 60.1 Å². The highest BCUT2D eigenvalue weighted by molar-refractivity contribution is 5.81. The normalized spacial score (nSPS) is 21.3. The second-order valence-electron chi connectivity index (χ2n) is 10.2. The van der Waals surface area contributed by atoms with E-state index in [2.05, 4.69) is 6.92 Å². The van der Waals surface area contributed by atoms with E-state index < -0.39 is 5.41 Å². The number of likely N-dealkylation sites (N-methyl/N-ethyl adjacent to an activating group) is 1. The largest absolute Gasteiger partial charge is 0.464 e. The van der Waals surface area contributed by atoms with Gasteiger partial charge in [0.05, 0.1) is 18.6 Å². The van der Waals surface area contributed by atoms with Crippen LogP contribution >= 0.6 is 0 Å². The van der Waals surface area contributed by atoms with Crippen LogP contribution in [0.1, 0.15) is 65.7 Å². The van der Waals surface area contributed by atoms with Crippen LogP contribution in [0, 0.1) is 11.3 Å². The lowest BCUT2D eigenvalue weighted by atomic mass is 9.75. The van der Waals surface area contributed by atoms with Gasteiger partial charge in [-0.15, -0.1) is 0 Å². The van der Waals surface area contributed by atoms with Crippen molar-refractivity contribution >= 4 is 17.8 Å². The molecule has 0 spiro atoms. The molecule has 2 unspecified atom stereocenters. The highest BCUT2D eigenvalue weighted by Crippen LogP contribution is 2.36. The quantitative estimate of drug-likeness (QED) is 0.435. The van der Waals surface area contributed by atoms with E-state index in [9.17, 15) is 14.4 Å². The minimum absolute atomic E-state index is 0.0345. The Kier molecular flexibility index (Phi) is 11.1. The Balaban J connectivity index is 2.17. The molecule has 2 saturated heterocycles. The number of nitrogens with zero attached hydrogens (tertiary/aromatic N) is 3. The third-order valence-corrected chi connectivity index (χ3v) is 6.97. The van der Waals surface area contributed by atoms with Crippen molar-refractivity contribution in [2.24, 2.45) is 11.3 Å². The van der Waals surface area contributed by atoms with Crippen LogP contribution in [-0.2, 0) is 23.9 Å². The SMILES string of the molecule is CCC(CC(C)(C[C@@H](C)C(=O)N1CCOCC1)C(=O)OCCN(C)C)N1CCCCCC1=O. The molecule has 0 radical (unpaired) electrons. The van der Waals surface area contributed by atoms with E-state index in [1.165, 1.54) is 0 Å². The Morgan fingerprint density at radius 3 is 2.45 bits per heavy atom. The van der Waals surface area contributed by atoms with Gasteiger partial charge in [0.25, 0.3) is 0 Å². The van der Waals surface area contributed by atoms with Crippen molar-refractivity contribution in [1.29, 1.82) is 0 Å². The second kappa shape index (κ2) is 13.3. The van der Waals surface area contributed by atoms with Crippen LogP contribution in [0.15, 0.2) is 0 Å². The molecule has 190 valence electrons. The minimum atomic E-state index is -0.846. The number of carbonyl (C=O) groups is 3. The van der Waals surface area contributed by atoms with E-state index in [0.29, 0.717) is 58.7 Å². The summed E-state index contributed by atoms with van der Waals surface area (Å²) in [7, 11) is 3.88. The molecule has 33 heavy (non-hydrogen) atoms. The molecular formula is C25H45N3O5. The van der Waals surface area contributed by atoms with Crippen molar-refractivity contribution in [3.05, 3.63) is 0 Å². The maximum atomic E-state index is 13.4. The van der Waals surface area contributed by atoms with E-state index in [1.807, 2.05) is 42.6 Å². The molecule has 2 rings (SSSR count). The molecule has 0 N–H and O–H groups in total. The van der Waals surface area contributed by atoms with Gasteiger partial charge >= 0.3 is 5.97 Å². The Bertz CT molecular complexity index is 650. The summed E-state index contributed by atoms with van der Waals surface area (Å²) in [6, 6.07) is -0.0345. The first-order valence-corrected chi connectivity index (χ1v) is 12.7. The predicted molar refractivity (Wildman–Crippen MR) is 128 cm³/mol. The highest BCUT2D eigenvalue weighted by Gasteiger charge is 2.42. The summed E-state index contributed by atoms with van der Waals surface area (Å²) in [6.45, 7) is 9.88. The number of hydrogen-bond acceptors (Lipinski definition) is 6. The molecule has 0 bridgehead atoms. The van der Waals surface area contributed by atoms with E-state index >= 15 is 0 Å². The van der Waals surface area contributed by atoms with Crippen LogP contribution < -0.4 is 0 Å². The maximum absolute atomic E-state index is 13.4. The molecule has 0 aromatic carbocycles. The lowest BCUT2D eigenvalue weighted by molar-refractivity contribution is -0.159. The fourth-order valence-corrected chi connectivity index (χ4v) is 4.99. The minimum Gasteiger partial charge on any atom is -0.464 e. The molecular weight excluding hydrogens is 422 g/mol. The number of likely N-dealkylation sites (tertiary alicyclic amines) is 1. The zero-order chi connectivity index (χ0) is 24.4. The van der Waals surface area contributed by atoms with Crippen molar-refractivity contribution in [2.45, 2.75) is 71.8 Å². The molecule has 8 nitrogen and oxygen atoms in total. The molecule has 3 atom stereocenters. The maximum Gasteiger partial charge on any atom is 0.311 e. The van der Waals surface area contributed by atoms with E-state index in [1.54, 1.807) is 0 Å². The number of amides is 2. The topological polar surface area (TPSA) is 79.4 Å². The third-order valence-electron chi connectivity index (χ3n) is 6.97. The van der Waals surface area contributed by atoms with Gasteiger partial charge < -0.3 is 24.2 Å². The summed E-state index contributed by atoms with van der Waals surface area (Å²) >= 11 is 0. The molecule has 2 aliphatic heterocycles. The van der Waals surface area contributed by atoms with Crippen LogP contribution in [0.4, 0.5) is 0 Å². The van der Waals surface area contributed by atoms with Gasteiger partial charge in [0.15, 0.2) is 0 Å². The van der Waals surface area contributed by atoms with Crippen molar-refractivity contribution in [1.82, 2.24) is 14.7 Å². The highest BCUT2D eigenvalue weighted by atomic mass is 16.5. The van der Waals surface area contributed by atoms with Gasteiger partial charge in [-0.25, -0.2) is 0 Å². The Labute approximate surface area is 199 Å². The van der Waals surface area contributed by atoms with Gasteiger partial charge in [-0.1, -0.05) is 20.3 Å². The van der Waals surface area contributed by atoms with Gasteiger partial charge in [-0.2, -0.15) is 0 Å². The zero-order valence-corrected chi connectivity index (χ0v) is 21.4. The van der Waals surface area contributed by atoms with Crippen molar-refractivity contribution in [3.8, 4) is 0 Å². The standard InChI is InChI=1S/C25H45N3O5/c1-6-21(28-11-9-7-8-10-22(28)29)19-25(3,24(31)33-17-12-26(4)5)18-20(2)23(30)27-13-15-32-16-14-27/h20-21H,6-19H2,1-5H3/t20-,21?,25?/m1/s1. The molecule has 2 amide bonds. The summed E-state index contributed by atoms with van der Waals surface area (Å²) in [4.78, 5) is 45.1. The predicted octanol–water partition coefficient (Wildman–Crippen LogP) is 2.55. The third kappa shape index (κ3) is 8.25. The first-order chi connectivity index (χ1) is 15.7. The fourth-order valence-electron chi connectivity index (χ4n) is 4.99. The van der Waals surface area contributed by atoms with Gasteiger partial charge in [-0.05, 0) is 53.1 Å². The molecule has 2 aliphatic rings. The lowest BCUT2D eigenvalue weighted by Gasteiger charge is -2.38. The second-order valence-corrected chi connectivity index (χ2v) is 10.2. The van der Waals surface area contributed by atoms with Gasteiger partial charge in [0, 0.05) is 44.6 Å². The first-order valence-electron chi connectivity index (χ1n) is 12.7. The number of hydrogen-bond donors (Lipinski definition) is 0. The molecule has 0 aromatic rings. The van der Waals surface area contributed by atoms with Gasteiger partial charge in [0.1, 0.15) is 6.61 Å². The van der Waals surface area contributed by atoms with Crippen molar-refractivity contribution in [3.63, 3.8) is 0 Å². The van der Waals surface area contributed by atoms with Gasteiger partial charge in [0.2, 0.25) is 11.8 Å². The number of morpholine rings is 1. The van der Waals surface area contributed by atoms with Gasteiger partial charge in [-0.3, -0.25) is 14.4 Å². The van der Waals surface area contributed by atoms with E-state index in [0.717, 1.165) is 32.2 Å². The monoisotopic (exact) mass is 467 g/mol. The molecule has 2 heterocycles. The average molecular weight is 468 g/mol. The molecule has 0 aromatic heterocycles. The van der Waals surface area contributed by atoms with E-state index in [4.69, 9.17) is 9.47 Å². The Hall–Kier alpha value is -1.67. The summed E-state index contributed by atoms with van der Waals surface area (Å²) in [5.74, 6) is -0.344. The van der Waals surface area contributed by atoms with Crippen LogP contribution in [-0.4, -0.2) is 98.6 Å².